The second kappa shape index (κ2) is 7.06. The third-order valence-electron chi connectivity index (χ3n) is 3.39. The van der Waals surface area contributed by atoms with Crippen molar-refractivity contribution in [3.05, 3.63) is 28.2 Å². The Morgan fingerprint density at radius 3 is 2.65 bits per heavy atom. The van der Waals surface area contributed by atoms with E-state index < -0.39 is 0 Å². The van der Waals surface area contributed by atoms with Crippen molar-refractivity contribution in [3.8, 4) is 5.75 Å². The van der Waals surface area contributed by atoms with Gasteiger partial charge >= 0.3 is 0 Å². The fourth-order valence-corrected chi connectivity index (χ4v) is 2.59. The summed E-state index contributed by atoms with van der Waals surface area (Å²) in [5.74, 6) is 0.626. The number of halogens is 1. The van der Waals surface area contributed by atoms with Gasteiger partial charge in [0.05, 0.1) is 11.1 Å². The topological polar surface area (TPSA) is 53.0 Å². The minimum atomic E-state index is -0.0148. The number of amides is 1. The van der Waals surface area contributed by atoms with Gasteiger partial charge in [-0.1, -0.05) is 6.07 Å². The maximum absolute atomic E-state index is 12.0. The van der Waals surface area contributed by atoms with Crippen molar-refractivity contribution in [2.75, 3.05) is 39.8 Å². The number of rotatable bonds is 4. The molecule has 1 aromatic carbocycles. The van der Waals surface area contributed by atoms with Crippen LogP contribution in [0.15, 0.2) is 22.7 Å². The summed E-state index contributed by atoms with van der Waals surface area (Å²) in [6.45, 7) is 3.34. The molecule has 0 aromatic heterocycles. The van der Waals surface area contributed by atoms with Crippen LogP contribution in [0.2, 0.25) is 0 Å². The van der Waals surface area contributed by atoms with Crippen molar-refractivity contribution in [2.45, 2.75) is 6.61 Å². The summed E-state index contributed by atoms with van der Waals surface area (Å²) in [6.07, 6.45) is 0. The summed E-state index contributed by atoms with van der Waals surface area (Å²) in [4.78, 5) is 16.1. The molecule has 2 rings (SSSR count). The van der Waals surface area contributed by atoms with E-state index in [9.17, 15) is 4.79 Å². The second-order valence-corrected chi connectivity index (χ2v) is 5.75. The molecule has 0 saturated carbocycles. The van der Waals surface area contributed by atoms with Crippen LogP contribution in [0.25, 0.3) is 0 Å². The first-order valence-corrected chi connectivity index (χ1v) is 7.38. The molecule has 1 aliphatic heterocycles. The standard InChI is InChI=1S/C14H19BrN2O3/c1-16-4-6-17(7-5-16)14(19)10-20-13-3-2-11(9-18)8-12(13)15/h2-3,8,18H,4-7,9-10H2,1H3. The van der Waals surface area contributed by atoms with Crippen LogP contribution in [0.1, 0.15) is 5.56 Å². The number of likely N-dealkylation sites (N-methyl/N-ethyl adjacent to an activating group) is 1. The summed E-state index contributed by atoms with van der Waals surface area (Å²) >= 11 is 3.37. The monoisotopic (exact) mass is 342 g/mol. The van der Waals surface area contributed by atoms with E-state index in [1.54, 1.807) is 18.2 Å². The van der Waals surface area contributed by atoms with Gasteiger partial charge in [0.1, 0.15) is 5.75 Å². The molecule has 0 bridgehead atoms. The highest BCUT2D eigenvalue weighted by Gasteiger charge is 2.19. The number of ether oxygens (including phenoxy) is 1. The van der Waals surface area contributed by atoms with E-state index in [-0.39, 0.29) is 19.1 Å². The van der Waals surface area contributed by atoms with Gasteiger partial charge in [-0.05, 0) is 40.7 Å². The number of aliphatic hydroxyl groups is 1. The lowest BCUT2D eigenvalue weighted by atomic mass is 10.2. The average Bonchev–Trinajstić information content (AvgIpc) is 2.46. The second-order valence-electron chi connectivity index (χ2n) is 4.90. The van der Waals surface area contributed by atoms with Gasteiger partial charge in [0.25, 0.3) is 5.91 Å². The van der Waals surface area contributed by atoms with Crippen LogP contribution in [0.3, 0.4) is 0 Å². The van der Waals surface area contributed by atoms with Crippen molar-refractivity contribution in [1.29, 1.82) is 0 Å². The minimum absolute atomic E-state index is 0.0104. The number of aliphatic hydroxyl groups excluding tert-OH is 1. The SMILES string of the molecule is CN1CCN(C(=O)COc2ccc(CO)cc2Br)CC1. The highest BCUT2D eigenvalue weighted by Crippen LogP contribution is 2.26. The first-order chi connectivity index (χ1) is 9.60. The van der Waals surface area contributed by atoms with Crippen LogP contribution in [0.4, 0.5) is 0 Å². The molecule has 0 atom stereocenters. The fourth-order valence-electron chi connectivity index (χ4n) is 2.05. The molecule has 6 heteroatoms. The lowest BCUT2D eigenvalue weighted by molar-refractivity contribution is -0.134. The molecule has 1 saturated heterocycles. The van der Waals surface area contributed by atoms with E-state index in [4.69, 9.17) is 9.84 Å². The van der Waals surface area contributed by atoms with Gasteiger partial charge in [0, 0.05) is 26.2 Å². The summed E-state index contributed by atoms with van der Waals surface area (Å²) < 4.78 is 6.29. The van der Waals surface area contributed by atoms with Crippen molar-refractivity contribution in [2.24, 2.45) is 0 Å². The minimum Gasteiger partial charge on any atom is -0.483 e. The summed E-state index contributed by atoms with van der Waals surface area (Å²) in [7, 11) is 2.05. The van der Waals surface area contributed by atoms with E-state index in [2.05, 4.69) is 27.9 Å². The Kier molecular flexibility index (Phi) is 5.39. The van der Waals surface area contributed by atoms with Crippen LogP contribution in [-0.4, -0.2) is 60.6 Å². The van der Waals surface area contributed by atoms with Gasteiger partial charge < -0.3 is 19.6 Å². The predicted octanol–water partition coefficient (Wildman–Crippen LogP) is 1.09. The quantitative estimate of drug-likeness (QED) is 0.890. The highest BCUT2D eigenvalue weighted by atomic mass is 79.9. The maximum Gasteiger partial charge on any atom is 0.260 e. The Morgan fingerprint density at radius 2 is 2.05 bits per heavy atom. The van der Waals surface area contributed by atoms with Crippen LogP contribution in [0, 0.1) is 0 Å². The smallest absolute Gasteiger partial charge is 0.260 e. The molecule has 1 heterocycles. The predicted molar refractivity (Wildman–Crippen MR) is 79.6 cm³/mol. The van der Waals surface area contributed by atoms with Gasteiger partial charge in [-0.15, -0.1) is 0 Å². The Labute approximate surface area is 127 Å². The van der Waals surface area contributed by atoms with Gasteiger partial charge in [-0.25, -0.2) is 0 Å². The van der Waals surface area contributed by atoms with Crippen molar-refractivity contribution < 1.29 is 14.6 Å². The zero-order valence-electron chi connectivity index (χ0n) is 11.5. The number of hydrogen-bond donors (Lipinski definition) is 1. The summed E-state index contributed by atoms with van der Waals surface area (Å²) in [5, 5.41) is 9.04. The largest absolute Gasteiger partial charge is 0.483 e. The Morgan fingerprint density at radius 1 is 1.35 bits per heavy atom. The van der Waals surface area contributed by atoms with Gasteiger partial charge in [0.2, 0.25) is 0 Å². The Balaban J connectivity index is 1.87. The lowest BCUT2D eigenvalue weighted by Crippen LogP contribution is -2.48. The molecule has 0 unspecified atom stereocenters. The van der Waals surface area contributed by atoms with Gasteiger partial charge in [0.15, 0.2) is 6.61 Å². The van der Waals surface area contributed by atoms with Crippen LogP contribution < -0.4 is 4.74 Å². The first-order valence-electron chi connectivity index (χ1n) is 6.58. The van der Waals surface area contributed by atoms with Gasteiger partial charge in [-0.2, -0.15) is 0 Å². The van der Waals surface area contributed by atoms with E-state index in [0.717, 1.165) is 36.2 Å². The normalized spacial score (nSPS) is 16.2. The third kappa shape index (κ3) is 3.94. The molecule has 1 amide bonds. The van der Waals surface area contributed by atoms with Crippen molar-refractivity contribution >= 4 is 21.8 Å². The average molecular weight is 343 g/mol. The Hall–Kier alpha value is -1.11. The number of carbonyl (C=O) groups is 1. The molecule has 1 fully saturated rings. The zero-order chi connectivity index (χ0) is 14.5. The molecule has 5 nitrogen and oxygen atoms in total. The molecular weight excluding hydrogens is 324 g/mol. The van der Waals surface area contributed by atoms with Crippen LogP contribution in [-0.2, 0) is 11.4 Å². The molecule has 0 spiro atoms. The van der Waals surface area contributed by atoms with E-state index >= 15 is 0 Å². The molecular formula is C14H19BrN2O3. The fraction of sp³-hybridized carbons (Fsp3) is 0.500. The van der Waals surface area contributed by atoms with E-state index in [1.807, 2.05) is 4.90 Å². The number of benzene rings is 1. The number of carbonyl (C=O) groups excluding carboxylic acids is 1. The molecule has 0 radical (unpaired) electrons. The maximum atomic E-state index is 12.0. The molecule has 1 N–H and O–H groups in total. The van der Waals surface area contributed by atoms with E-state index in [1.165, 1.54) is 0 Å². The lowest BCUT2D eigenvalue weighted by Gasteiger charge is -2.32. The summed E-state index contributed by atoms with van der Waals surface area (Å²) in [5.41, 5.74) is 0.801. The van der Waals surface area contributed by atoms with Gasteiger partial charge in [-0.3, -0.25) is 4.79 Å². The highest BCUT2D eigenvalue weighted by molar-refractivity contribution is 9.10. The molecule has 110 valence electrons. The van der Waals surface area contributed by atoms with Crippen molar-refractivity contribution in [1.82, 2.24) is 9.80 Å². The van der Waals surface area contributed by atoms with Crippen LogP contribution >= 0.6 is 15.9 Å². The molecule has 1 aliphatic rings. The number of piperazine rings is 1. The van der Waals surface area contributed by atoms with E-state index in [0.29, 0.717) is 5.75 Å². The zero-order valence-corrected chi connectivity index (χ0v) is 13.1. The summed E-state index contributed by atoms with van der Waals surface area (Å²) in [6, 6.07) is 5.32. The molecule has 20 heavy (non-hydrogen) atoms. The molecule has 1 aromatic rings. The molecule has 0 aliphatic carbocycles. The number of hydrogen-bond acceptors (Lipinski definition) is 4. The number of nitrogens with zero attached hydrogens (tertiary/aromatic N) is 2. The first kappa shape index (κ1) is 15.3. The Bertz CT molecular complexity index is 473. The third-order valence-corrected chi connectivity index (χ3v) is 4.01. The van der Waals surface area contributed by atoms with Crippen molar-refractivity contribution in [3.63, 3.8) is 0 Å². The van der Waals surface area contributed by atoms with Crippen LogP contribution in [0.5, 0.6) is 5.75 Å².